The number of hydrogen-bond donors (Lipinski definition) is 2. The number of nitrogens with one attached hydrogen (secondary N) is 1. The van der Waals surface area contributed by atoms with Crippen molar-refractivity contribution in [1.29, 1.82) is 0 Å². The number of halogens is 4. The number of aliphatic hydroxyl groups is 1. The predicted octanol–water partition coefficient (Wildman–Crippen LogP) is 6.02. The highest BCUT2D eigenvalue weighted by Crippen LogP contribution is 2.41. The summed E-state index contributed by atoms with van der Waals surface area (Å²) in [6.45, 7) is 5.28. The molecule has 1 aliphatic rings. The molecular weight excluding hydrogens is 695 g/mol. The molecule has 10 nitrogen and oxygen atoms in total. The molecule has 1 saturated heterocycles. The monoisotopic (exact) mass is 722 g/mol. The summed E-state index contributed by atoms with van der Waals surface area (Å²) in [5, 5.41) is 22.7. The van der Waals surface area contributed by atoms with Gasteiger partial charge in [-0.3, -0.25) is 4.90 Å². The van der Waals surface area contributed by atoms with Crippen LogP contribution in [0.2, 0.25) is 0 Å². The van der Waals surface area contributed by atoms with E-state index in [-0.39, 0.29) is 29.8 Å². The number of hydrogen-bond acceptors (Lipinski definition) is 9. The summed E-state index contributed by atoms with van der Waals surface area (Å²) < 4.78 is 49.6. The van der Waals surface area contributed by atoms with Crippen molar-refractivity contribution in [3.63, 3.8) is 0 Å². The molecule has 1 fully saturated rings. The van der Waals surface area contributed by atoms with Crippen LogP contribution in [0.4, 0.5) is 19.1 Å². The number of rotatable bonds is 7. The summed E-state index contributed by atoms with van der Waals surface area (Å²) in [5.41, 5.74) is 2.23. The van der Waals surface area contributed by atoms with Crippen LogP contribution >= 0.6 is 28.4 Å². The Balaban J connectivity index is 1.36. The molecule has 1 aromatic carbocycles. The van der Waals surface area contributed by atoms with Crippen molar-refractivity contribution in [2.75, 3.05) is 18.4 Å². The van der Waals surface area contributed by atoms with Crippen LogP contribution in [0.15, 0.2) is 53.2 Å². The van der Waals surface area contributed by atoms with Crippen molar-refractivity contribution in [2.45, 2.75) is 45.1 Å². The van der Waals surface area contributed by atoms with Crippen LogP contribution in [-0.2, 0) is 12.7 Å². The molecule has 5 heterocycles. The van der Waals surface area contributed by atoms with E-state index in [0.717, 1.165) is 17.3 Å². The summed E-state index contributed by atoms with van der Waals surface area (Å²) in [6.07, 6.45) is -4.05. The quantitative estimate of drug-likeness (QED) is 0.154. The Morgan fingerprint density at radius 3 is 2.58 bits per heavy atom. The lowest BCUT2D eigenvalue weighted by molar-refractivity contribution is -0.137. The second kappa shape index (κ2) is 12.1. The highest BCUT2D eigenvalue weighted by Gasteiger charge is 2.37. The third-order valence-electron chi connectivity index (χ3n) is 7.31. The number of likely N-dealkylation sites (tertiary alicyclic amines) is 1. The van der Waals surface area contributed by atoms with E-state index in [2.05, 4.69) is 52.5 Å². The van der Waals surface area contributed by atoms with E-state index < -0.39 is 17.8 Å². The van der Waals surface area contributed by atoms with Crippen LogP contribution < -0.4 is 5.32 Å². The van der Waals surface area contributed by atoms with E-state index in [4.69, 9.17) is 9.51 Å². The fraction of sp³-hybridized carbons (Fsp3) is 0.321. The van der Waals surface area contributed by atoms with Crippen LogP contribution in [0.5, 0.6) is 0 Å². The Bertz CT molecular complexity index is 1750. The van der Waals surface area contributed by atoms with Crippen LogP contribution in [0, 0.1) is 13.8 Å². The average Bonchev–Trinajstić information content (AvgIpc) is 3.50. The number of pyridine rings is 1. The summed E-state index contributed by atoms with van der Waals surface area (Å²) in [7, 11) is 0. The molecule has 0 amide bonds. The highest BCUT2D eigenvalue weighted by molar-refractivity contribution is 14.2. The first-order chi connectivity index (χ1) is 20.6. The maximum absolute atomic E-state index is 14.3. The smallest absolute Gasteiger partial charge is 0.392 e. The van der Waals surface area contributed by atoms with Crippen molar-refractivity contribution < 1.29 is 22.8 Å². The van der Waals surface area contributed by atoms with Gasteiger partial charge in [0.15, 0.2) is 5.65 Å². The largest absolute Gasteiger partial charge is 0.420 e. The van der Waals surface area contributed by atoms with E-state index in [9.17, 15) is 18.3 Å². The maximum Gasteiger partial charge on any atom is 0.420 e. The average molecular weight is 722 g/mol. The summed E-state index contributed by atoms with van der Waals surface area (Å²) >= 11 is 2.11. The Hall–Kier alpha value is -3.20. The number of alkyl halides is 3. The van der Waals surface area contributed by atoms with E-state index in [1.807, 2.05) is 30.3 Å². The maximum atomic E-state index is 14.3. The zero-order chi connectivity index (χ0) is 30.3. The molecule has 0 bridgehead atoms. The van der Waals surface area contributed by atoms with E-state index in [1.54, 1.807) is 30.4 Å². The van der Waals surface area contributed by atoms with Gasteiger partial charge in [-0.05, 0) is 60.0 Å². The first-order valence-corrected chi connectivity index (χ1v) is 17.5. The van der Waals surface area contributed by atoms with Gasteiger partial charge in [0.05, 0.1) is 29.4 Å². The third-order valence-corrected chi connectivity index (χ3v) is 9.15. The van der Waals surface area contributed by atoms with Gasteiger partial charge in [-0.25, -0.2) is 19.4 Å². The van der Waals surface area contributed by atoms with E-state index in [1.165, 1.54) is 0 Å². The van der Waals surface area contributed by atoms with Gasteiger partial charge >= 0.3 is 6.18 Å². The van der Waals surface area contributed by atoms with Gasteiger partial charge in [0.2, 0.25) is 5.95 Å². The molecule has 0 saturated carbocycles. The number of benzene rings is 1. The highest BCUT2D eigenvalue weighted by atomic mass is 127. The Morgan fingerprint density at radius 2 is 1.88 bits per heavy atom. The van der Waals surface area contributed by atoms with Crippen LogP contribution in [0.25, 0.3) is 33.7 Å². The topological polar surface area (TPSA) is 118 Å². The molecule has 5 aromatic rings. The third kappa shape index (κ3) is 6.24. The minimum atomic E-state index is -4.71. The number of aliphatic hydroxyl groups excluding tert-OH is 1. The lowest BCUT2D eigenvalue weighted by Crippen LogP contribution is -2.48. The lowest BCUT2D eigenvalue weighted by Gasteiger charge is -2.36. The molecule has 4 aromatic heterocycles. The van der Waals surface area contributed by atoms with Gasteiger partial charge in [-0.15, -0.1) is 0 Å². The zero-order valence-corrected chi connectivity index (χ0v) is 26.3. The van der Waals surface area contributed by atoms with Crippen molar-refractivity contribution in [2.24, 2.45) is 0 Å². The first-order valence-electron chi connectivity index (χ1n) is 13.5. The first kappa shape index (κ1) is 29.9. The summed E-state index contributed by atoms with van der Waals surface area (Å²) in [4.78, 5) is 15.2. The standard InChI is InChI=1S/C28H27F3IN8O2P/c1-15-23(16(2)42-38-15)22-9-8-20-24(37-40(43-32)26(20)35-22)25-21(28(29,30)31)11-33-27(36-25)34-18-10-19(41)14-39(13-18)12-17-6-4-3-5-7-17/h3-9,11,18-19,41,43H,10,12-14H2,1-2H3,(H,33,34,36)/t18-,19+/m0/s1. The van der Waals surface area contributed by atoms with Gasteiger partial charge in [-0.2, -0.15) is 18.3 Å². The number of β-amino-alcohol motifs (C(OH)–C–C–N with tert-alkyl or cyclic N) is 1. The lowest BCUT2D eigenvalue weighted by atomic mass is 10.0. The van der Waals surface area contributed by atoms with Crippen LogP contribution in [0.1, 0.15) is 29.0 Å². The molecule has 3 atom stereocenters. The molecule has 15 heteroatoms. The van der Waals surface area contributed by atoms with Crippen molar-refractivity contribution >= 4 is 45.4 Å². The molecule has 1 aliphatic heterocycles. The van der Waals surface area contributed by atoms with Gasteiger partial charge in [0, 0.05) is 37.3 Å². The van der Waals surface area contributed by atoms with Gasteiger partial charge < -0.3 is 14.9 Å². The van der Waals surface area contributed by atoms with Gasteiger partial charge in [0.25, 0.3) is 0 Å². The van der Waals surface area contributed by atoms with Crippen LogP contribution in [-0.4, -0.2) is 64.9 Å². The number of aryl methyl sites for hydroxylation is 2. The van der Waals surface area contributed by atoms with E-state index in [0.29, 0.717) is 54.2 Å². The number of aromatic nitrogens is 6. The Morgan fingerprint density at radius 1 is 1.09 bits per heavy atom. The van der Waals surface area contributed by atoms with Crippen molar-refractivity contribution in [3.8, 4) is 22.6 Å². The number of fused-ring (bicyclic) bond motifs is 1. The van der Waals surface area contributed by atoms with Crippen molar-refractivity contribution in [3.05, 3.63) is 71.2 Å². The second-order valence-corrected chi connectivity index (χ2v) is 12.5. The Kier molecular flexibility index (Phi) is 8.37. The fourth-order valence-electron chi connectivity index (χ4n) is 5.48. The van der Waals surface area contributed by atoms with Crippen LogP contribution in [0.3, 0.4) is 0 Å². The van der Waals surface area contributed by atoms with Gasteiger partial charge in [-0.1, -0.05) is 35.5 Å². The minimum Gasteiger partial charge on any atom is -0.392 e. The molecule has 1 unspecified atom stereocenters. The summed E-state index contributed by atoms with van der Waals surface area (Å²) in [5.74, 6) is 0.621. The molecule has 2 N–H and O–H groups in total. The zero-order valence-electron chi connectivity index (χ0n) is 23.1. The molecule has 43 heavy (non-hydrogen) atoms. The molecule has 6 rings (SSSR count). The number of nitrogens with zero attached hydrogens (tertiary/aromatic N) is 7. The predicted molar refractivity (Wildman–Crippen MR) is 166 cm³/mol. The van der Waals surface area contributed by atoms with E-state index >= 15 is 0 Å². The number of piperidine rings is 1. The Labute approximate surface area is 259 Å². The SMILES string of the molecule is Cc1noc(C)c1-c1ccc2c(-c3nc(N[C@H]4C[C@@H](O)CN(Cc5ccccc5)C4)ncc3C(F)(F)F)nn(PI)c2n1. The number of anilines is 1. The fourth-order valence-corrected chi connectivity index (χ4v) is 6.87. The van der Waals surface area contributed by atoms with Gasteiger partial charge in [0.1, 0.15) is 22.7 Å². The normalized spacial score (nSPS) is 18.2. The summed E-state index contributed by atoms with van der Waals surface area (Å²) in [6, 6.07) is 13.0. The molecule has 224 valence electrons. The molecule has 0 spiro atoms. The second-order valence-electron chi connectivity index (χ2n) is 10.5. The minimum absolute atomic E-state index is 0.0293. The molecular formula is C28H27F3IN8O2P. The molecule has 0 aliphatic carbocycles. The molecule has 0 radical (unpaired) electrons. The van der Waals surface area contributed by atoms with Crippen molar-refractivity contribution in [1.82, 2.24) is 34.6 Å².